The molecule has 5 saturated carbocycles. The maximum absolute atomic E-state index is 10.8. The van der Waals surface area contributed by atoms with E-state index < -0.39 is 0 Å². The van der Waals surface area contributed by atoms with Crippen molar-refractivity contribution in [1.82, 2.24) is 0 Å². The van der Waals surface area contributed by atoms with Crippen LogP contribution in [0, 0.1) is 56.2 Å². The number of fused-ring (bicyclic) bond motifs is 7. The fourth-order valence-corrected chi connectivity index (χ4v) is 11.3. The van der Waals surface area contributed by atoms with Gasteiger partial charge in [-0.15, -0.1) is 0 Å². The van der Waals surface area contributed by atoms with E-state index in [1.807, 2.05) is 0 Å². The maximum Gasteiger partial charge on any atom is 0.0546 e. The van der Waals surface area contributed by atoms with Crippen LogP contribution in [0.1, 0.15) is 126 Å². The summed E-state index contributed by atoms with van der Waals surface area (Å²) in [7, 11) is 0. The van der Waals surface area contributed by atoms with E-state index in [1.54, 1.807) is 0 Å². The summed E-state index contributed by atoms with van der Waals surface area (Å²) >= 11 is 0. The lowest BCUT2D eigenvalue weighted by molar-refractivity contribution is -0.262. The highest BCUT2D eigenvalue weighted by Crippen LogP contribution is 2.78. The van der Waals surface area contributed by atoms with Crippen LogP contribution in [0.4, 0.5) is 0 Å². The number of rotatable bonds is 0. The minimum atomic E-state index is -0.0708. The molecule has 1 nitrogen and oxygen atoms in total. The van der Waals surface area contributed by atoms with Crippen LogP contribution in [0.2, 0.25) is 0 Å². The average molecular weight is 429 g/mol. The molecule has 1 heteroatoms. The van der Waals surface area contributed by atoms with E-state index in [0.29, 0.717) is 44.3 Å². The van der Waals surface area contributed by atoms with Gasteiger partial charge in [0.1, 0.15) is 0 Å². The Bertz CT molecular complexity index is 741. The van der Waals surface area contributed by atoms with Crippen molar-refractivity contribution in [1.29, 1.82) is 0 Å². The smallest absolute Gasteiger partial charge is 0.0546 e. The normalized spacial score (nSPS) is 60.9. The monoisotopic (exact) mass is 428 g/mol. The Kier molecular flexibility index (Phi) is 4.80. The second-order valence-electron chi connectivity index (χ2n) is 15.6. The first-order chi connectivity index (χ1) is 14.2. The van der Waals surface area contributed by atoms with Crippen LogP contribution >= 0.6 is 0 Å². The predicted molar refractivity (Wildman–Crippen MR) is 131 cm³/mol. The number of hydrogen-bond acceptors (Lipinski definition) is 1. The lowest BCUT2D eigenvalue weighted by Crippen LogP contribution is -2.67. The van der Waals surface area contributed by atoms with E-state index >= 15 is 0 Å². The van der Waals surface area contributed by atoms with Gasteiger partial charge in [-0.2, -0.15) is 0 Å². The molecule has 0 aromatic carbocycles. The first kappa shape index (κ1) is 22.7. The van der Waals surface area contributed by atoms with Gasteiger partial charge in [0, 0.05) is 0 Å². The fraction of sp³-hybridized carbons (Fsp3) is 1.00. The Labute approximate surface area is 193 Å². The molecule has 0 spiro atoms. The van der Waals surface area contributed by atoms with Crippen molar-refractivity contribution >= 4 is 0 Å². The highest BCUT2D eigenvalue weighted by molar-refractivity contribution is 5.19. The van der Waals surface area contributed by atoms with Gasteiger partial charge in [0.25, 0.3) is 0 Å². The summed E-state index contributed by atoms with van der Waals surface area (Å²) in [4.78, 5) is 0. The first-order valence-electron chi connectivity index (χ1n) is 13.9. The summed E-state index contributed by atoms with van der Waals surface area (Å²) < 4.78 is 0. The molecule has 0 bridgehead atoms. The van der Waals surface area contributed by atoms with E-state index in [-0.39, 0.29) is 6.10 Å². The third-order valence-electron chi connectivity index (χ3n) is 13.8. The molecule has 10 unspecified atom stereocenters. The summed E-state index contributed by atoms with van der Waals surface area (Å²) in [5, 5.41) is 10.8. The van der Waals surface area contributed by atoms with Crippen molar-refractivity contribution in [3.05, 3.63) is 0 Å². The van der Waals surface area contributed by atoms with Gasteiger partial charge in [-0.25, -0.2) is 0 Å². The van der Waals surface area contributed by atoms with E-state index in [2.05, 4.69) is 55.4 Å². The molecular weight excluding hydrogens is 376 g/mol. The Balaban J connectivity index is 1.55. The van der Waals surface area contributed by atoms with Crippen molar-refractivity contribution in [3.63, 3.8) is 0 Å². The summed E-state index contributed by atoms with van der Waals surface area (Å²) in [6, 6.07) is 0. The topological polar surface area (TPSA) is 20.2 Å². The Morgan fingerprint density at radius 3 is 1.94 bits per heavy atom. The zero-order valence-electron chi connectivity index (χ0n) is 22.1. The number of hydrogen-bond donors (Lipinski definition) is 1. The summed E-state index contributed by atoms with van der Waals surface area (Å²) in [5.41, 5.74) is 2.87. The molecule has 31 heavy (non-hydrogen) atoms. The van der Waals surface area contributed by atoms with Crippen LogP contribution in [-0.2, 0) is 0 Å². The molecule has 0 radical (unpaired) electrons. The first-order valence-corrected chi connectivity index (χ1v) is 13.9. The predicted octanol–water partition coefficient (Wildman–Crippen LogP) is 8.25. The molecule has 0 aliphatic heterocycles. The summed E-state index contributed by atoms with van der Waals surface area (Å²) in [6.07, 6.45) is 14.9. The Morgan fingerprint density at radius 2 is 1.23 bits per heavy atom. The molecule has 0 heterocycles. The van der Waals surface area contributed by atoms with Crippen LogP contribution in [0.5, 0.6) is 0 Å². The third kappa shape index (κ3) is 2.83. The van der Waals surface area contributed by atoms with Crippen molar-refractivity contribution in [2.45, 2.75) is 132 Å². The molecule has 178 valence electrons. The Morgan fingerprint density at radius 1 is 0.613 bits per heavy atom. The quantitative estimate of drug-likeness (QED) is 0.412. The molecule has 5 aliphatic rings. The minimum Gasteiger partial charge on any atom is -0.393 e. The van der Waals surface area contributed by atoms with E-state index in [4.69, 9.17) is 0 Å². The highest BCUT2D eigenvalue weighted by Gasteiger charge is 2.70. The summed E-state index contributed by atoms with van der Waals surface area (Å²) in [5.74, 6) is 3.09. The van der Waals surface area contributed by atoms with Crippen LogP contribution in [0.3, 0.4) is 0 Å². The largest absolute Gasteiger partial charge is 0.393 e. The zero-order valence-corrected chi connectivity index (χ0v) is 22.1. The van der Waals surface area contributed by atoms with Gasteiger partial charge in [0.2, 0.25) is 0 Å². The fourth-order valence-electron chi connectivity index (χ4n) is 11.3. The van der Waals surface area contributed by atoms with Crippen LogP contribution in [0.25, 0.3) is 0 Å². The molecular formula is C30H52O. The molecule has 5 aliphatic carbocycles. The lowest BCUT2D eigenvalue weighted by atomic mass is 9.30. The van der Waals surface area contributed by atoms with Gasteiger partial charge in [-0.1, -0.05) is 55.4 Å². The van der Waals surface area contributed by atoms with Gasteiger partial charge in [0.05, 0.1) is 6.10 Å². The van der Waals surface area contributed by atoms with Crippen molar-refractivity contribution in [2.24, 2.45) is 56.2 Å². The third-order valence-corrected chi connectivity index (χ3v) is 13.8. The van der Waals surface area contributed by atoms with Crippen LogP contribution in [0.15, 0.2) is 0 Å². The second-order valence-corrected chi connectivity index (χ2v) is 15.6. The molecule has 1 N–H and O–H groups in total. The van der Waals surface area contributed by atoms with Crippen LogP contribution in [-0.4, -0.2) is 11.2 Å². The lowest BCUT2D eigenvalue weighted by Gasteiger charge is -2.75. The van der Waals surface area contributed by atoms with E-state index in [1.165, 1.54) is 57.8 Å². The summed E-state index contributed by atoms with van der Waals surface area (Å²) in [6.45, 7) is 21.0. The van der Waals surface area contributed by atoms with Crippen molar-refractivity contribution in [3.8, 4) is 0 Å². The standard InChI is InChI=1S/C30H52O/c1-20-17-21(31)18-23-27(20,5)10-9-22-28(23,6)14-16-30(8)24-19-25(2,3)11-12-26(24,4)13-15-29(22,30)7/h20-24,31H,9-19H2,1-8H3. The van der Waals surface area contributed by atoms with Gasteiger partial charge in [-0.3, -0.25) is 0 Å². The number of aliphatic hydroxyl groups excluding tert-OH is 1. The highest BCUT2D eigenvalue weighted by atomic mass is 16.3. The molecule has 0 saturated heterocycles. The second kappa shape index (κ2) is 6.55. The van der Waals surface area contributed by atoms with Gasteiger partial charge >= 0.3 is 0 Å². The van der Waals surface area contributed by atoms with Gasteiger partial charge in [-0.05, 0) is 127 Å². The Hall–Kier alpha value is -0.0400. The van der Waals surface area contributed by atoms with Crippen molar-refractivity contribution in [2.75, 3.05) is 0 Å². The van der Waals surface area contributed by atoms with E-state index in [9.17, 15) is 5.11 Å². The average Bonchev–Trinajstić information content (AvgIpc) is 2.67. The molecule has 5 rings (SSSR count). The molecule has 0 aromatic rings. The zero-order chi connectivity index (χ0) is 22.7. The van der Waals surface area contributed by atoms with Gasteiger partial charge < -0.3 is 5.11 Å². The van der Waals surface area contributed by atoms with Crippen molar-refractivity contribution < 1.29 is 5.11 Å². The molecule has 10 atom stereocenters. The molecule has 0 aromatic heterocycles. The van der Waals surface area contributed by atoms with E-state index in [0.717, 1.165) is 24.7 Å². The van der Waals surface area contributed by atoms with Gasteiger partial charge in [0.15, 0.2) is 0 Å². The maximum atomic E-state index is 10.8. The minimum absolute atomic E-state index is 0.0708. The van der Waals surface area contributed by atoms with Crippen LogP contribution < -0.4 is 0 Å². The number of aliphatic hydroxyl groups is 1. The molecule has 5 fully saturated rings. The molecule has 0 amide bonds. The SMILES string of the molecule is CC1CC(O)CC2C1(C)CCC1C2(C)CCC2(C)C3CC(C)(C)CCC3(C)CCC12C.